The summed E-state index contributed by atoms with van der Waals surface area (Å²) in [4.78, 5) is 0. The molecule has 0 amide bonds. The van der Waals surface area contributed by atoms with Crippen LogP contribution >= 0.6 is 27.5 Å². The molecule has 0 aliphatic rings. The lowest BCUT2D eigenvalue weighted by atomic mass is 10.0. The van der Waals surface area contributed by atoms with Crippen LogP contribution in [0.5, 0.6) is 0 Å². The number of benzene rings is 2. The molecule has 94 valence electrons. The summed E-state index contributed by atoms with van der Waals surface area (Å²) in [7, 11) is 0. The minimum Gasteiger partial charge on any atom is -0.0840 e. The van der Waals surface area contributed by atoms with Crippen LogP contribution in [0, 0.1) is 6.92 Å². The average molecular weight is 324 g/mol. The lowest BCUT2D eigenvalue weighted by Gasteiger charge is -2.08. The number of hydrogen-bond acceptors (Lipinski definition) is 0. The first kappa shape index (κ1) is 13.6. The van der Waals surface area contributed by atoms with Gasteiger partial charge in [0.1, 0.15) is 0 Å². The first-order valence-corrected chi connectivity index (χ1v) is 7.29. The highest BCUT2D eigenvalue weighted by Crippen LogP contribution is 2.27. The third-order valence-corrected chi connectivity index (χ3v) is 4.36. The molecule has 18 heavy (non-hydrogen) atoms. The summed E-state index contributed by atoms with van der Waals surface area (Å²) in [5, 5.41) is 0.843. The lowest BCUT2D eigenvalue weighted by molar-refractivity contribution is 1.12. The van der Waals surface area contributed by atoms with Crippen LogP contribution in [0.1, 0.15) is 29.2 Å². The van der Waals surface area contributed by atoms with E-state index < -0.39 is 0 Å². The Labute approximate surface area is 122 Å². The van der Waals surface area contributed by atoms with Crippen molar-refractivity contribution in [2.75, 3.05) is 0 Å². The molecule has 0 atom stereocenters. The third-order valence-electron chi connectivity index (χ3n) is 3.15. The molecule has 0 nitrogen and oxygen atoms in total. The molecular formula is C16H16BrCl. The van der Waals surface area contributed by atoms with E-state index in [0.29, 0.717) is 0 Å². The zero-order valence-electron chi connectivity index (χ0n) is 10.6. The van der Waals surface area contributed by atoms with Crippen molar-refractivity contribution in [1.82, 2.24) is 0 Å². The maximum Gasteiger partial charge on any atom is 0.0444 e. The predicted molar refractivity (Wildman–Crippen MR) is 82.5 cm³/mol. The van der Waals surface area contributed by atoms with Crippen LogP contribution in [0.4, 0.5) is 0 Å². The van der Waals surface area contributed by atoms with Crippen molar-refractivity contribution in [1.29, 1.82) is 0 Å². The van der Waals surface area contributed by atoms with Crippen LogP contribution in [0.25, 0.3) is 0 Å². The van der Waals surface area contributed by atoms with E-state index >= 15 is 0 Å². The van der Waals surface area contributed by atoms with Crippen molar-refractivity contribution in [2.24, 2.45) is 0 Å². The standard InChI is InChI=1S/C16H16BrCl/c1-3-12-4-6-13(7-5-12)9-14-10-15(17)11(2)8-16(14)18/h4-8,10H,3,9H2,1-2H3. The highest BCUT2D eigenvalue weighted by atomic mass is 79.9. The van der Waals surface area contributed by atoms with Gasteiger partial charge in [-0.05, 0) is 54.2 Å². The third kappa shape index (κ3) is 3.15. The van der Waals surface area contributed by atoms with Gasteiger partial charge in [-0.2, -0.15) is 0 Å². The Morgan fingerprint density at radius 3 is 2.28 bits per heavy atom. The number of aryl methyl sites for hydroxylation is 2. The Kier molecular flexibility index (Phi) is 4.47. The van der Waals surface area contributed by atoms with Crippen LogP contribution in [0.2, 0.25) is 5.02 Å². The largest absolute Gasteiger partial charge is 0.0840 e. The number of halogens is 2. The zero-order chi connectivity index (χ0) is 13.1. The van der Waals surface area contributed by atoms with E-state index in [1.807, 2.05) is 6.07 Å². The van der Waals surface area contributed by atoms with Crippen molar-refractivity contribution in [3.05, 3.63) is 68.1 Å². The van der Waals surface area contributed by atoms with Gasteiger partial charge in [0.25, 0.3) is 0 Å². The van der Waals surface area contributed by atoms with Gasteiger partial charge in [0, 0.05) is 9.50 Å². The van der Waals surface area contributed by atoms with Gasteiger partial charge in [0.05, 0.1) is 0 Å². The van der Waals surface area contributed by atoms with Gasteiger partial charge in [-0.3, -0.25) is 0 Å². The molecular weight excluding hydrogens is 308 g/mol. The molecule has 0 fully saturated rings. The van der Waals surface area contributed by atoms with Crippen molar-refractivity contribution >= 4 is 27.5 Å². The Balaban J connectivity index is 2.25. The van der Waals surface area contributed by atoms with E-state index in [0.717, 1.165) is 22.3 Å². The number of hydrogen-bond donors (Lipinski definition) is 0. The highest BCUT2D eigenvalue weighted by molar-refractivity contribution is 9.10. The molecule has 0 bridgehead atoms. The second-order valence-corrected chi connectivity index (χ2v) is 5.80. The van der Waals surface area contributed by atoms with E-state index in [1.165, 1.54) is 22.3 Å². The fourth-order valence-corrected chi connectivity index (χ4v) is 2.61. The van der Waals surface area contributed by atoms with Gasteiger partial charge >= 0.3 is 0 Å². The Bertz CT molecular complexity index is 544. The van der Waals surface area contributed by atoms with Crippen LogP contribution in [0.15, 0.2) is 40.9 Å². The second-order valence-electron chi connectivity index (χ2n) is 4.54. The summed E-state index contributed by atoms with van der Waals surface area (Å²) in [5.74, 6) is 0. The summed E-state index contributed by atoms with van der Waals surface area (Å²) < 4.78 is 1.12. The normalized spacial score (nSPS) is 10.7. The van der Waals surface area contributed by atoms with Gasteiger partial charge in [0.15, 0.2) is 0 Å². The molecule has 2 heteroatoms. The predicted octanol–water partition coefficient (Wildman–Crippen LogP) is 5.56. The Hall–Kier alpha value is -0.790. The molecule has 0 spiro atoms. The van der Waals surface area contributed by atoms with Crippen molar-refractivity contribution in [3.63, 3.8) is 0 Å². The SMILES string of the molecule is CCc1ccc(Cc2cc(Br)c(C)cc2Cl)cc1. The van der Waals surface area contributed by atoms with Crippen molar-refractivity contribution < 1.29 is 0 Å². The fraction of sp³-hybridized carbons (Fsp3) is 0.250. The van der Waals surface area contributed by atoms with Crippen molar-refractivity contribution in [3.8, 4) is 0 Å². The summed E-state index contributed by atoms with van der Waals surface area (Å²) >= 11 is 9.85. The highest BCUT2D eigenvalue weighted by Gasteiger charge is 2.05. The molecule has 2 aromatic rings. The van der Waals surface area contributed by atoms with Crippen molar-refractivity contribution in [2.45, 2.75) is 26.7 Å². The molecule has 0 radical (unpaired) electrons. The molecule has 0 unspecified atom stereocenters. The topological polar surface area (TPSA) is 0 Å². The summed E-state index contributed by atoms with van der Waals surface area (Å²) in [6.07, 6.45) is 1.96. The van der Waals surface area contributed by atoms with E-state index in [9.17, 15) is 0 Å². The van der Waals surface area contributed by atoms with Crippen LogP contribution in [0.3, 0.4) is 0 Å². The summed E-state index contributed by atoms with van der Waals surface area (Å²) in [5.41, 5.74) is 5.00. The average Bonchev–Trinajstić information content (AvgIpc) is 2.37. The van der Waals surface area contributed by atoms with Gasteiger partial charge in [-0.25, -0.2) is 0 Å². The Morgan fingerprint density at radius 1 is 1.06 bits per heavy atom. The van der Waals surface area contributed by atoms with Gasteiger partial charge in [-0.15, -0.1) is 0 Å². The Morgan fingerprint density at radius 2 is 1.67 bits per heavy atom. The first-order valence-electron chi connectivity index (χ1n) is 6.12. The molecule has 2 rings (SSSR count). The molecule has 0 saturated carbocycles. The van der Waals surface area contributed by atoms with Gasteiger partial charge < -0.3 is 0 Å². The van der Waals surface area contributed by atoms with E-state index in [2.05, 4.69) is 60.1 Å². The molecule has 0 aliphatic carbocycles. The summed E-state index contributed by atoms with van der Waals surface area (Å²) in [6.45, 7) is 4.22. The molecule has 0 N–H and O–H groups in total. The lowest BCUT2D eigenvalue weighted by Crippen LogP contribution is -1.92. The molecule has 0 aliphatic heterocycles. The molecule has 0 saturated heterocycles. The van der Waals surface area contributed by atoms with Crippen LogP contribution in [-0.2, 0) is 12.8 Å². The van der Waals surface area contributed by atoms with E-state index in [-0.39, 0.29) is 0 Å². The fourth-order valence-electron chi connectivity index (χ4n) is 1.94. The van der Waals surface area contributed by atoms with Gasteiger partial charge in [-0.1, -0.05) is 58.7 Å². The second kappa shape index (κ2) is 5.90. The maximum absolute atomic E-state index is 6.29. The number of rotatable bonds is 3. The van der Waals surface area contributed by atoms with E-state index in [4.69, 9.17) is 11.6 Å². The van der Waals surface area contributed by atoms with Crippen LogP contribution < -0.4 is 0 Å². The molecule has 0 heterocycles. The minimum absolute atomic E-state index is 0.843. The maximum atomic E-state index is 6.29. The first-order chi connectivity index (χ1) is 8.60. The van der Waals surface area contributed by atoms with Gasteiger partial charge in [0.2, 0.25) is 0 Å². The smallest absolute Gasteiger partial charge is 0.0444 e. The summed E-state index contributed by atoms with van der Waals surface area (Å²) in [6, 6.07) is 12.9. The zero-order valence-corrected chi connectivity index (χ0v) is 13.0. The monoisotopic (exact) mass is 322 g/mol. The van der Waals surface area contributed by atoms with Crippen LogP contribution in [-0.4, -0.2) is 0 Å². The molecule has 2 aromatic carbocycles. The van der Waals surface area contributed by atoms with E-state index in [1.54, 1.807) is 0 Å². The molecule has 0 aromatic heterocycles. The minimum atomic E-state index is 0.843. The quantitative estimate of drug-likeness (QED) is 0.693.